The van der Waals surface area contributed by atoms with Crippen LogP contribution in [0.2, 0.25) is 0 Å². The summed E-state index contributed by atoms with van der Waals surface area (Å²) in [5.41, 5.74) is 1.06. The summed E-state index contributed by atoms with van der Waals surface area (Å²) in [5, 5.41) is 4.02. The number of urea groups is 1. The van der Waals surface area contributed by atoms with Gasteiger partial charge in [-0.3, -0.25) is 5.32 Å². The second-order valence-electron chi connectivity index (χ2n) is 10.5. The number of likely N-dealkylation sites (tertiary alicyclic amines) is 1. The minimum absolute atomic E-state index is 0.0973. The standard InChI is InChI=1S/C26H44N4OS2/c1-20-12-14-23(15-13-20)30(22-10-6-3-4-7-11-22)26(31)28-25-27-21(2)24(33-25)32-19-18-29-16-8-5-9-17-29/h20,22-23H,3-19H2,1-2H3,(H,27,28,31). The molecule has 33 heavy (non-hydrogen) atoms. The van der Waals surface area contributed by atoms with Crippen molar-refractivity contribution in [2.24, 2.45) is 5.92 Å². The van der Waals surface area contributed by atoms with E-state index in [9.17, 15) is 4.79 Å². The van der Waals surface area contributed by atoms with E-state index >= 15 is 0 Å². The second kappa shape index (κ2) is 12.8. The number of anilines is 1. The fourth-order valence-electron chi connectivity index (χ4n) is 5.86. The quantitative estimate of drug-likeness (QED) is 0.324. The number of rotatable bonds is 7. The molecule has 186 valence electrons. The third-order valence-corrected chi connectivity index (χ3v) is 10.3. The zero-order valence-corrected chi connectivity index (χ0v) is 22.5. The Balaban J connectivity index is 1.36. The number of thiazole rings is 1. The highest BCUT2D eigenvalue weighted by atomic mass is 32.2. The third kappa shape index (κ3) is 7.35. The van der Waals surface area contributed by atoms with Crippen LogP contribution < -0.4 is 5.32 Å². The predicted molar refractivity (Wildman–Crippen MR) is 142 cm³/mol. The number of nitrogens with zero attached hydrogens (tertiary/aromatic N) is 3. The summed E-state index contributed by atoms with van der Waals surface area (Å²) in [6, 6.07) is 0.883. The molecule has 1 aromatic heterocycles. The normalized spacial score (nSPS) is 25.5. The molecule has 0 unspecified atom stereocenters. The number of thioether (sulfide) groups is 1. The zero-order valence-electron chi connectivity index (χ0n) is 20.8. The molecule has 1 saturated heterocycles. The molecule has 5 nitrogen and oxygen atoms in total. The van der Waals surface area contributed by atoms with Crippen LogP contribution in [-0.4, -0.2) is 58.3 Å². The zero-order chi connectivity index (χ0) is 23.0. The van der Waals surface area contributed by atoms with E-state index in [1.165, 1.54) is 75.1 Å². The summed E-state index contributed by atoms with van der Waals surface area (Å²) >= 11 is 3.57. The van der Waals surface area contributed by atoms with E-state index in [0.29, 0.717) is 12.1 Å². The van der Waals surface area contributed by atoms with E-state index in [2.05, 4.69) is 29.0 Å². The van der Waals surface area contributed by atoms with Gasteiger partial charge in [0.1, 0.15) is 0 Å². The van der Waals surface area contributed by atoms with Crippen LogP contribution in [-0.2, 0) is 0 Å². The van der Waals surface area contributed by atoms with Crippen LogP contribution in [0.1, 0.15) is 96.1 Å². The number of carbonyl (C=O) groups is 1. The fraction of sp³-hybridized carbons (Fsp3) is 0.846. The van der Waals surface area contributed by atoms with Crippen molar-refractivity contribution in [3.05, 3.63) is 5.69 Å². The maximum absolute atomic E-state index is 13.6. The molecule has 7 heteroatoms. The van der Waals surface area contributed by atoms with Crippen LogP contribution >= 0.6 is 23.1 Å². The highest BCUT2D eigenvalue weighted by molar-refractivity contribution is 8.01. The van der Waals surface area contributed by atoms with E-state index in [0.717, 1.165) is 54.7 Å². The minimum Gasteiger partial charge on any atom is -0.319 e. The Bertz CT molecular complexity index is 733. The molecule has 1 aromatic rings. The smallest absolute Gasteiger partial charge is 0.319 e. The van der Waals surface area contributed by atoms with Gasteiger partial charge >= 0.3 is 6.03 Å². The van der Waals surface area contributed by atoms with Crippen molar-refractivity contribution in [2.75, 3.05) is 30.7 Å². The van der Waals surface area contributed by atoms with Gasteiger partial charge in [0.05, 0.1) is 9.90 Å². The first-order valence-corrected chi connectivity index (χ1v) is 15.3. The lowest BCUT2D eigenvalue weighted by Gasteiger charge is -2.40. The average Bonchev–Trinajstić information content (AvgIpc) is 2.99. The van der Waals surface area contributed by atoms with Gasteiger partial charge in [-0.15, -0.1) is 11.8 Å². The maximum atomic E-state index is 13.6. The molecule has 1 aliphatic heterocycles. The molecule has 0 aromatic carbocycles. The number of aromatic nitrogens is 1. The van der Waals surface area contributed by atoms with Crippen molar-refractivity contribution < 1.29 is 4.79 Å². The number of amides is 2. The first kappa shape index (κ1) is 25.3. The molecule has 0 bridgehead atoms. The van der Waals surface area contributed by atoms with Crippen LogP contribution in [0.5, 0.6) is 0 Å². The van der Waals surface area contributed by atoms with Gasteiger partial charge in [-0.2, -0.15) is 0 Å². The Hall–Kier alpha value is -0.790. The first-order chi connectivity index (χ1) is 16.1. The molecule has 0 radical (unpaired) electrons. The maximum Gasteiger partial charge on any atom is 0.324 e. The van der Waals surface area contributed by atoms with Gasteiger partial charge < -0.3 is 9.80 Å². The Morgan fingerprint density at radius 1 is 1.00 bits per heavy atom. The largest absolute Gasteiger partial charge is 0.324 e. The van der Waals surface area contributed by atoms with E-state index in [4.69, 9.17) is 4.98 Å². The van der Waals surface area contributed by atoms with E-state index in [1.807, 2.05) is 11.8 Å². The highest BCUT2D eigenvalue weighted by Gasteiger charge is 2.33. The van der Waals surface area contributed by atoms with Gasteiger partial charge in [0, 0.05) is 24.4 Å². The predicted octanol–water partition coefficient (Wildman–Crippen LogP) is 7.16. The lowest BCUT2D eigenvalue weighted by molar-refractivity contribution is 0.116. The van der Waals surface area contributed by atoms with Crippen LogP contribution in [0.4, 0.5) is 9.93 Å². The van der Waals surface area contributed by atoms with Gasteiger partial charge in [0.25, 0.3) is 0 Å². The Morgan fingerprint density at radius 2 is 1.64 bits per heavy atom. The highest BCUT2D eigenvalue weighted by Crippen LogP contribution is 2.35. The number of hydrogen-bond donors (Lipinski definition) is 1. The molecular formula is C26H44N4OS2. The SMILES string of the molecule is Cc1nc(NC(=O)N(C2CCCCCC2)C2CCC(C)CC2)sc1SCCN1CCCCC1. The lowest BCUT2D eigenvalue weighted by Crippen LogP contribution is -2.50. The van der Waals surface area contributed by atoms with Crippen LogP contribution in [0.15, 0.2) is 4.21 Å². The molecule has 2 saturated carbocycles. The molecule has 2 aliphatic carbocycles. The summed E-state index contributed by atoms with van der Waals surface area (Å²) in [7, 11) is 0. The van der Waals surface area contributed by atoms with Crippen molar-refractivity contribution in [3.8, 4) is 0 Å². The molecule has 0 atom stereocenters. The summed E-state index contributed by atoms with van der Waals surface area (Å²) in [5.74, 6) is 1.90. The summed E-state index contributed by atoms with van der Waals surface area (Å²) in [4.78, 5) is 23.2. The topological polar surface area (TPSA) is 48.5 Å². The summed E-state index contributed by atoms with van der Waals surface area (Å²) < 4.78 is 1.26. The summed E-state index contributed by atoms with van der Waals surface area (Å²) in [6.45, 7) is 8.09. The summed E-state index contributed by atoms with van der Waals surface area (Å²) in [6.07, 6.45) is 16.3. The molecule has 2 heterocycles. The van der Waals surface area contributed by atoms with Gasteiger partial charge in [-0.25, -0.2) is 9.78 Å². The number of carbonyl (C=O) groups excluding carboxylic acids is 1. The first-order valence-electron chi connectivity index (χ1n) is 13.5. The molecular weight excluding hydrogens is 448 g/mol. The van der Waals surface area contributed by atoms with Crippen molar-refractivity contribution in [2.45, 2.75) is 114 Å². The van der Waals surface area contributed by atoms with Crippen molar-refractivity contribution in [1.82, 2.24) is 14.8 Å². The Kier molecular flexibility index (Phi) is 9.80. The van der Waals surface area contributed by atoms with E-state index in [-0.39, 0.29) is 6.03 Å². The van der Waals surface area contributed by atoms with Crippen LogP contribution in [0.3, 0.4) is 0 Å². The number of aryl methyl sites for hydroxylation is 1. The van der Waals surface area contributed by atoms with Crippen LogP contribution in [0.25, 0.3) is 0 Å². The molecule has 2 amide bonds. The molecule has 0 spiro atoms. The molecule has 4 rings (SSSR count). The number of piperidine rings is 1. The van der Waals surface area contributed by atoms with Crippen molar-refractivity contribution in [1.29, 1.82) is 0 Å². The average molecular weight is 493 g/mol. The van der Waals surface area contributed by atoms with Gasteiger partial charge in [0.15, 0.2) is 5.13 Å². The fourth-order valence-corrected chi connectivity index (χ4v) is 8.06. The van der Waals surface area contributed by atoms with Crippen LogP contribution in [0, 0.1) is 12.8 Å². The van der Waals surface area contributed by atoms with E-state index in [1.54, 1.807) is 11.3 Å². The second-order valence-corrected chi connectivity index (χ2v) is 12.9. The van der Waals surface area contributed by atoms with Crippen molar-refractivity contribution in [3.63, 3.8) is 0 Å². The van der Waals surface area contributed by atoms with E-state index < -0.39 is 0 Å². The monoisotopic (exact) mass is 492 g/mol. The van der Waals surface area contributed by atoms with Crippen molar-refractivity contribution >= 4 is 34.3 Å². The van der Waals surface area contributed by atoms with Gasteiger partial charge in [0.2, 0.25) is 0 Å². The Morgan fingerprint density at radius 3 is 2.33 bits per heavy atom. The van der Waals surface area contributed by atoms with Gasteiger partial charge in [-0.05, 0) is 77.3 Å². The molecule has 1 N–H and O–H groups in total. The molecule has 3 fully saturated rings. The number of hydrogen-bond acceptors (Lipinski definition) is 5. The lowest BCUT2D eigenvalue weighted by atomic mass is 9.85. The molecule has 3 aliphatic rings. The van der Waals surface area contributed by atoms with Gasteiger partial charge in [-0.1, -0.05) is 50.4 Å². The minimum atomic E-state index is 0.0973. The number of nitrogens with one attached hydrogen (secondary N) is 1. The third-order valence-electron chi connectivity index (χ3n) is 7.89. The Labute approximate surface area is 209 Å².